The van der Waals surface area contributed by atoms with Gasteiger partial charge in [0.1, 0.15) is 17.4 Å². The van der Waals surface area contributed by atoms with Crippen LogP contribution in [0.2, 0.25) is 0 Å². The molecule has 2 atom stereocenters. The van der Waals surface area contributed by atoms with Gasteiger partial charge in [-0.1, -0.05) is 42.5 Å². The number of halogens is 6. The quantitative estimate of drug-likeness (QED) is 0.316. The lowest BCUT2D eigenvalue weighted by Gasteiger charge is -2.37. The van der Waals surface area contributed by atoms with E-state index in [0.717, 1.165) is 24.3 Å². The van der Waals surface area contributed by atoms with Gasteiger partial charge in [-0.15, -0.1) is 0 Å². The highest BCUT2D eigenvalue weighted by Gasteiger charge is 2.45. The molecule has 0 aliphatic heterocycles. The molecule has 0 saturated heterocycles. The van der Waals surface area contributed by atoms with Gasteiger partial charge in [-0.25, -0.2) is 13.6 Å². The highest BCUT2D eigenvalue weighted by molar-refractivity contribution is 5.90. The van der Waals surface area contributed by atoms with E-state index >= 15 is 0 Å². The van der Waals surface area contributed by atoms with Gasteiger partial charge in [-0.05, 0) is 53.8 Å². The third-order valence-electron chi connectivity index (χ3n) is 6.46. The predicted octanol–water partition coefficient (Wildman–Crippen LogP) is 6.11. The molecule has 1 fully saturated rings. The second-order valence-corrected chi connectivity index (χ2v) is 9.22. The van der Waals surface area contributed by atoms with Gasteiger partial charge in [0.2, 0.25) is 0 Å². The maximum Gasteiger partial charge on any atom is 0.461 e. The number of carbonyl (C=O) groups is 2. The third kappa shape index (κ3) is 6.52. The van der Waals surface area contributed by atoms with E-state index in [1.54, 1.807) is 30.3 Å². The molecule has 0 bridgehead atoms. The van der Waals surface area contributed by atoms with Gasteiger partial charge in [0.05, 0.1) is 11.6 Å². The second-order valence-electron chi connectivity index (χ2n) is 9.22. The Morgan fingerprint density at radius 1 is 0.949 bits per heavy atom. The van der Waals surface area contributed by atoms with Crippen molar-refractivity contribution in [1.82, 2.24) is 10.6 Å². The van der Waals surface area contributed by atoms with Crippen LogP contribution in [0.25, 0.3) is 0 Å². The average Bonchev–Trinajstić information content (AvgIpc) is 3.27. The molecular formula is C28H24F6N2O3. The number of ether oxygens (including phenoxy) is 1. The van der Waals surface area contributed by atoms with Gasteiger partial charge in [0.25, 0.3) is 0 Å². The van der Waals surface area contributed by atoms with Crippen molar-refractivity contribution in [1.29, 1.82) is 0 Å². The van der Waals surface area contributed by atoms with Crippen LogP contribution >= 0.6 is 0 Å². The van der Waals surface area contributed by atoms with E-state index in [1.807, 2.05) is 0 Å². The van der Waals surface area contributed by atoms with Crippen molar-refractivity contribution in [2.24, 2.45) is 0 Å². The first kappa shape index (κ1) is 28.0. The monoisotopic (exact) mass is 550 g/mol. The predicted molar refractivity (Wildman–Crippen MR) is 130 cm³/mol. The summed E-state index contributed by atoms with van der Waals surface area (Å²) in [6, 6.07) is 14.1. The number of ketones is 1. The van der Waals surface area contributed by atoms with Gasteiger partial charge in [-0.2, -0.15) is 17.6 Å². The van der Waals surface area contributed by atoms with Crippen molar-refractivity contribution in [3.8, 4) is 5.75 Å². The Morgan fingerprint density at radius 3 is 2.26 bits per heavy atom. The summed E-state index contributed by atoms with van der Waals surface area (Å²) >= 11 is 0. The molecule has 1 aliphatic carbocycles. The number of hydrogen-bond acceptors (Lipinski definition) is 3. The molecule has 1 saturated carbocycles. The molecule has 0 spiro atoms. The van der Waals surface area contributed by atoms with Gasteiger partial charge in [0, 0.05) is 18.9 Å². The third-order valence-corrected chi connectivity index (χ3v) is 6.46. The number of Topliss-reactive ketones (excluding diaryl/α,β-unsaturated/α-hetero) is 1. The fourth-order valence-corrected chi connectivity index (χ4v) is 4.62. The summed E-state index contributed by atoms with van der Waals surface area (Å²) < 4.78 is 86.0. The number of alkyl halides is 4. The van der Waals surface area contributed by atoms with E-state index in [2.05, 4.69) is 15.4 Å². The van der Waals surface area contributed by atoms with E-state index in [9.17, 15) is 35.9 Å². The van der Waals surface area contributed by atoms with Gasteiger partial charge in [0.15, 0.2) is 5.78 Å². The molecule has 1 aliphatic rings. The molecule has 4 rings (SSSR count). The van der Waals surface area contributed by atoms with E-state index in [-0.39, 0.29) is 23.3 Å². The molecule has 0 aromatic heterocycles. The Balaban J connectivity index is 1.86. The topological polar surface area (TPSA) is 67.4 Å². The van der Waals surface area contributed by atoms with Gasteiger partial charge in [-0.3, -0.25) is 4.79 Å². The Labute approximate surface area is 220 Å². The maximum absolute atomic E-state index is 14.8. The smallest absolute Gasteiger partial charge is 0.428 e. The first-order chi connectivity index (χ1) is 18.5. The van der Waals surface area contributed by atoms with Crippen molar-refractivity contribution in [2.45, 2.75) is 49.8 Å². The minimum absolute atomic E-state index is 0.0976. The Hall–Kier alpha value is -4.02. The molecule has 5 nitrogen and oxygen atoms in total. The zero-order valence-corrected chi connectivity index (χ0v) is 20.4. The standard InChI is InChI=1S/C28H24F6N2O3/c29-20-11-9-18(10-12-20)27(16-17-5-2-1-3-6-17,36-26(38)35-23-7-4-8-24(23)37)19-13-21(30)15-22(14-19)39-28(33,34)25(31)32/h1-3,5-6,9-15,23,25H,4,7-8,16H2,(H2,35,36,38). The summed E-state index contributed by atoms with van der Waals surface area (Å²) in [5.74, 6) is -2.81. The summed E-state index contributed by atoms with van der Waals surface area (Å²) in [5.41, 5.74) is -1.08. The summed E-state index contributed by atoms with van der Waals surface area (Å²) in [5, 5.41) is 5.32. The van der Waals surface area contributed by atoms with E-state index in [0.29, 0.717) is 30.9 Å². The SMILES string of the molecule is O=C(NC1CCCC1=O)NC(Cc1ccccc1)(c1ccc(F)cc1)c1cc(F)cc(OC(F)(F)C(F)F)c1. The molecule has 3 aromatic rings. The lowest BCUT2D eigenvalue weighted by molar-refractivity contribution is -0.253. The van der Waals surface area contributed by atoms with Crippen molar-refractivity contribution in [3.05, 3.63) is 101 Å². The van der Waals surface area contributed by atoms with Crippen molar-refractivity contribution >= 4 is 11.8 Å². The second kappa shape index (κ2) is 11.4. The Kier molecular flexibility index (Phi) is 8.17. The number of rotatable bonds is 9. The van der Waals surface area contributed by atoms with Crippen LogP contribution in [0.3, 0.4) is 0 Å². The molecule has 0 radical (unpaired) electrons. The van der Waals surface area contributed by atoms with Crippen LogP contribution in [0.15, 0.2) is 72.8 Å². The van der Waals surface area contributed by atoms with Crippen LogP contribution in [0, 0.1) is 11.6 Å². The van der Waals surface area contributed by atoms with Crippen LogP contribution in [0.1, 0.15) is 36.0 Å². The Morgan fingerprint density at radius 2 is 1.64 bits per heavy atom. The maximum atomic E-state index is 14.8. The van der Waals surface area contributed by atoms with Crippen LogP contribution < -0.4 is 15.4 Å². The van der Waals surface area contributed by atoms with E-state index < -0.39 is 47.5 Å². The molecule has 2 unspecified atom stereocenters. The first-order valence-electron chi connectivity index (χ1n) is 12.1. The van der Waals surface area contributed by atoms with E-state index in [1.165, 1.54) is 12.1 Å². The van der Waals surface area contributed by atoms with Gasteiger partial charge < -0.3 is 15.4 Å². The van der Waals surface area contributed by atoms with Crippen molar-refractivity contribution in [3.63, 3.8) is 0 Å². The molecule has 206 valence electrons. The molecule has 39 heavy (non-hydrogen) atoms. The minimum Gasteiger partial charge on any atom is -0.428 e. The number of benzene rings is 3. The lowest BCUT2D eigenvalue weighted by atomic mass is 9.77. The first-order valence-corrected chi connectivity index (χ1v) is 12.1. The molecule has 0 heterocycles. The fourth-order valence-electron chi connectivity index (χ4n) is 4.62. The normalized spacial score (nSPS) is 17.1. The zero-order chi connectivity index (χ0) is 28.2. The lowest BCUT2D eigenvalue weighted by Crippen LogP contribution is -2.54. The van der Waals surface area contributed by atoms with Crippen LogP contribution in [0.5, 0.6) is 5.75 Å². The highest BCUT2D eigenvalue weighted by Crippen LogP contribution is 2.38. The van der Waals surface area contributed by atoms with Crippen LogP contribution in [0.4, 0.5) is 31.1 Å². The molecular weight excluding hydrogens is 526 g/mol. The fraction of sp³-hybridized carbons (Fsp3) is 0.286. The van der Waals surface area contributed by atoms with Crippen molar-refractivity contribution in [2.75, 3.05) is 0 Å². The highest BCUT2D eigenvalue weighted by atomic mass is 19.3. The van der Waals surface area contributed by atoms with Gasteiger partial charge >= 0.3 is 18.6 Å². The number of nitrogens with one attached hydrogen (secondary N) is 2. The summed E-state index contributed by atoms with van der Waals surface area (Å²) in [4.78, 5) is 25.4. The van der Waals surface area contributed by atoms with Crippen molar-refractivity contribution < 1.29 is 40.7 Å². The molecule has 2 N–H and O–H groups in total. The zero-order valence-electron chi connectivity index (χ0n) is 20.4. The van der Waals surface area contributed by atoms with E-state index in [4.69, 9.17) is 0 Å². The molecule has 11 heteroatoms. The largest absolute Gasteiger partial charge is 0.461 e. The summed E-state index contributed by atoms with van der Waals surface area (Å²) in [6.07, 6.45) is -7.92. The summed E-state index contributed by atoms with van der Waals surface area (Å²) in [6.45, 7) is 0. The number of amides is 2. The van der Waals surface area contributed by atoms with Crippen LogP contribution in [-0.2, 0) is 16.8 Å². The number of carbonyl (C=O) groups excluding carboxylic acids is 2. The van der Waals surface area contributed by atoms with Crippen LogP contribution in [-0.4, -0.2) is 30.4 Å². The number of urea groups is 1. The molecule has 3 aromatic carbocycles. The number of hydrogen-bond donors (Lipinski definition) is 2. The molecule has 2 amide bonds. The Bertz CT molecular complexity index is 1320. The summed E-state index contributed by atoms with van der Waals surface area (Å²) in [7, 11) is 0. The average molecular weight is 550 g/mol. The minimum atomic E-state index is -4.92.